The predicted octanol–water partition coefficient (Wildman–Crippen LogP) is 5.07. The smallest absolute Gasteiger partial charge is 0.270 e. The highest BCUT2D eigenvalue weighted by Crippen LogP contribution is 2.28. The molecule has 0 radical (unpaired) electrons. The fraction of sp³-hybridized carbons (Fsp3) is 0.280. The molecule has 1 saturated heterocycles. The average molecular weight is 399 g/mol. The van der Waals surface area contributed by atoms with Gasteiger partial charge >= 0.3 is 0 Å². The summed E-state index contributed by atoms with van der Waals surface area (Å²) in [5, 5.41) is 1.07. The van der Waals surface area contributed by atoms with Crippen LogP contribution >= 0.6 is 0 Å². The Labute approximate surface area is 175 Å². The molecule has 1 N–H and O–H groups in total. The van der Waals surface area contributed by atoms with E-state index < -0.39 is 0 Å². The van der Waals surface area contributed by atoms with Gasteiger partial charge in [-0.15, -0.1) is 0 Å². The normalized spacial score (nSPS) is 16.8. The average Bonchev–Trinajstić information content (AvgIpc) is 3.41. The maximum atomic E-state index is 13.1. The zero-order valence-corrected chi connectivity index (χ0v) is 17.1. The van der Waals surface area contributed by atoms with Crippen LogP contribution < -0.4 is 0 Å². The maximum absolute atomic E-state index is 13.1. The maximum Gasteiger partial charge on any atom is 0.270 e. The highest BCUT2D eigenvalue weighted by molar-refractivity contribution is 5.98. The Morgan fingerprint density at radius 2 is 2.07 bits per heavy atom. The minimum Gasteiger partial charge on any atom is -0.445 e. The number of benzene rings is 2. The van der Waals surface area contributed by atoms with Gasteiger partial charge in [0.2, 0.25) is 0 Å². The van der Waals surface area contributed by atoms with E-state index in [1.807, 2.05) is 35.4 Å². The third kappa shape index (κ3) is 3.75. The molecular weight excluding hydrogens is 374 g/mol. The summed E-state index contributed by atoms with van der Waals surface area (Å²) in [7, 11) is 0. The van der Waals surface area contributed by atoms with Gasteiger partial charge in [0.05, 0.1) is 12.1 Å². The van der Waals surface area contributed by atoms with Crippen molar-refractivity contribution in [1.29, 1.82) is 0 Å². The lowest BCUT2D eigenvalue weighted by Crippen LogP contribution is -2.39. The number of oxazole rings is 1. The second-order valence-corrected chi connectivity index (χ2v) is 8.19. The standard InChI is InChI=1S/C25H25N3O2/c1-17-9-10-19-14-23(27-22(19)12-17)25(29)28-11-5-8-20(16-28)24-26-15-21(30-24)13-18-6-3-2-4-7-18/h2-4,6-7,9-10,12,14-15,20,27H,5,8,11,13,16H2,1H3. The molecule has 0 spiro atoms. The molecule has 1 unspecified atom stereocenters. The minimum atomic E-state index is 0.0459. The molecule has 3 heterocycles. The van der Waals surface area contributed by atoms with E-state index in [2.05, 4.69) is 47.2 Å². The van der Waals surface area contributed by atoms with Crippen LogP contribution in [0.5, 0.6) is 0 Å². The number of amides is 1. The fourth-order valence-corrected chi connectivity index (χ4v) is 4.28. The zero-order chi connectivity index (χ0) is 20.5. The largest absolute Gasteiger partial charge is 0.445 e. The first kappa shape index (κ1) is 18.7. The van der Waals surface area contributed by atoms with Crippen molar-refractivity contribution in [2.24, 2.45) is 0 Å². The summed E-state index contributed by atoms with van der Waals surface area (Å²) in [6, 6.07) is 18.4. The number of aromatic nitrogens is 2. The van der Waals surface area contributed by atoms with Crippen LogP contribution in [0.3, 0.4) is 0 Å². The molecule has 152 valence electrons. The van der Waals surface area contributed by atoms with E-state index in [0.29, 0.717) is 12.2 Å². The van der Waals surface area contributed by atoms with Crippen LogP contribution in [-0.4, -0.2) is 33.9 Å². The van der Waals surface area contributed by atoms with E-state index >= 15 is 0 Å². The molecule has 1 aliphatic heterocycles. The fourth-order valence-electron chi connectivity index (χ4n) is 4.28. The van der Waals surface area contributed by atoms with E-state index in [1.165, 1.54) is 11.1 Å². The van der Waals surface area contributed by atoms with E-state index in [1.54, 1.807) is 0 Å². The molecule has 0 aliphatic carbocycles. The molecular formula is C25H25N3O2. The van der Waals surface area contributed by atoms with Crippen molar-refractivity contribution in [2.45, 2.75) is 32.1 Å². The molecule has 30 heavy (non-hydrogen) atoms. The number of fused-ring (bicyclic) bond motifs is 1. The zero-order valence-electron chi connectivity index (χ0n) is 17.1. The first-order chi connectivity index (χ1) is 14.7. The Balaban J connectivity index is 1.30. The van der Waals surface area contributed by atoms with Crippen LogP contribution in [-0.2, 0) is 6.42 Å². The van der Waals surface area contributed by atoms with Gasteiger partial charge in [0.25, 0.3) is 5.91 Å². The van der Waals surface area contributed by atoms with Crippen molar-refractivity contribution in [1.82, 2.24) is 14.9 Å². The molecule has 1 fully saturated rings. The molecule has 5 heteroatoms. The predicted molar refractivity (Wildman–Crippen MR) is 117 cm³/mol. The van der Waals surface area contributed by atoms with Crippen molar-refractivity contribution in [3.8, 4) is 0 Å². The molecule has 0 saturated carbocycles. The summed E-state index contributed by atoms with van der Waals surface area (Å²) in [5.74, 6) is 1.79. The molecule has 0 bridgehead atoms. The Bertz CT molecular complexity index is 1180. The molecule has 2 aromatic carbocycles. The van der Waals surface area contributed by atoms with Gasteiger partial charge in [0, 0.05) is 30.4 Å². The van der Waals surface area contributed by atoms with Gasteiger partial charge in [-0.25, -0.2) is 4.98 Å². The second-order valence-electron chi connectivity index (χ2n) is 8.19. The Hall–Kier alpha value is -3.34. The van der Waals surface area contributed by atoms with Gasteiger partial charge in [-0.05, 0) is 43.0 Å². The number of carbonyl (C=O) groups is 1. The Kier molecular flexibility index (Phi) is 4.87. The number of hydrogen-bond donors (Lipinski definition) is 1. The van der Waals surface area contributed by atoms with Gasteiger partial charge in [0.1, 0.15) is 11.5 Å². The first-order valence-corrected chi connectivity index (χ1v) is 10.5. The number of aryl methyl sites for hydroxylation is 1. The number of carbonyl (C=O) groups excluding carboxylic acids is 1. The van der Waals surface area contributed by atoms with Crippen molar-refractivity contribution in [3.63, 3.8) is 0 Å². The molecule has 1 amide bonds. The van der Waals surface area contributed by atoms with Crippen LogP contribution in [0.15, 0.2) is 65.2 Å². The van der Waals surface area contributed by atoms with Crippen LogP contribution in [0.2, 0.25) is 0 Å². The van der Waals surface area contributed by atoms with E-state index in [-0.39, 0.29) is 11.8 Å². The third-order valence-electron chi connectivity index (χ3n) is 5.86. The molecule has 1 atom stereocenters. The third-order valence-corrected chi connectivity index (χ3v) is 5.86. The summed E-state index contributed by atoms with van der Waals surface area (Å²) in [4.78, 5) is 22.9. The summed E-state index contributed by atoms with van der Waals surface area (Å²) in [6.07, 6.45) is 4.49. The van der Waals surface area contributed by atoms with E-state index in [0.717, 1.165) is 48.4 Å². The number of piperidine rings is 1. The number of hydrogen-bond acceptors (Lipinski definition) is 3. The summed E-state index contributed by atoms with van der Waals surface area (Å²) >= 11 is 0. The highest BCUT2D eigenvalue weighted by Gasteiger charge is 2.29. The highest BCUT2D eigenvalue weighted by atomic mass is 16.4. The van der Waals surface area contributed by atoms with Crippen LogP contribution in [0.25, 0.3) is 10.9 Å². The number of H-pyrrole nitrogens is 1. The van der Waals surface area contributed by atoms with Gasteiger partial charge in [-0.1, -0.05) is 42.5 Å². The molecule has 1 aliphatic rings. The first-order valence-electron chi connectivity index (χ1n) is 10.5. The van der Waals surface area contributed by atoms with Crippen LogP contribution in [0, 0.1) is 6.92 Å². The number of likely N-dealkylation sites (tertiary alicyclic amines) is 1. The topological polar surface area (TPSA) is 62.1 Å². The number of aromatic amines is 1. The minimum absolute atomic E-state index is 0.0459. The monoisotopic (exact) mass is 399 g/mol. The lowest BCUT2D eigenvalue weighted by Gasteiger charge is -2.31. The number of nitrogens with zero attached hydrogens (tertiary/aromatic N) is 2. The van der Waals surface area contributed by atoms with Gasteiger partial charge in [0.15, 0.2) is 5.89 Å². The van der Waals surface area contributed by atoms with Crippen molar-refractivity contribution in [2.75, 3.05) is 13.1 Å². The Morgan fingerprint density at radius 3 is 2.93 bits per heavy atom. The quantitative estimate of drug-likeness (QED) is 0.521. The summed E-state index contributed by atoms with van der Waals surface area (Å²) < 4.78 is 6.07. The van der Waals surface area contributed by atoms with Gasteiger partial charge in [-0.2, -0.15) is 0 Å². The van der Waals surface area contributed by atoms with Gasteiger partial charge in [-0.3, -0.25) is 4.79 Å². The molecule has 5 nitrogen and oxygen atoms in total. The van der Waals surface area contributed by atoms with Crippen LogP contribution in [0.1, 0.15) is 52.0 Å². The van der Waals surface area contributed by atoms with Crippen molar-refractivity contribution < 1.29 is 9.21 Å². The SMILES string of the molecule is Cc1ccc2cc(C(=O)N3CCCC(c4ncc(Cc5ccccc5)o4)C3)[nH]c2c1. The Morgan fingerprint density at radius 1 is 1.20 bits per heavy atom. The van der Waals surface area contributed by atoms with Crippen molar-refractivity contribution >= 4 is 16.8 Å². The summed E-state index contributed by atoms with van der Waals surface area (Å²) in [5.41, 5.74) is 4.03. The molecule has 2 aromatic heterocycles. The number of nitrogens with one attached hydrogen (secondary N) is 1. The van der Waals surface area contributed by atoms with E-state index in [4.69, 9.17) is 4.42 Å². The molecule has 4 aromatic rings. The lowest BCUT2D eigenvalue weighted by atomic mass is 9.97. The van der Waals surface area contributed by atoms with Crippen LogP contribution in [0.4, 0.5) is 0 Å². The summed E-state index contributed by atoms with van der Waals surface area (Å²) in [6.45, 7) is 3.46. The second kappa shape index (κ2) is 7.82. The molecule has 5 rings (SSSR count). The lowest BCUT2D eigenvalue weighted by molar-refractivity contribution is 0.0693. The van der Waals surface area contributed by atoms with Crippen molar-refractivity contribution in [3.05, 3.63) is 89.3 Å². The van der Waals surface area contributed by atoms with E-state index in [9.17, 15) is 4.79 Å². The number of rotatable bonds is 4. The van der Waals surface area contributed by atoms with Gasteiger partial charge < -0.3 is 14.3 Å².